The van der Waals surface area contributed by atoms with Crippen LogP contribution in [0.5, 0.6) is 0 Å². The van der Waals surface area contributed by atoms with Crippen molar-refractivity contribution >= 4 is 25.3 Å². The Morgan fingerprint density at radius 1 is 0.917 bits per heavy atom. The normalized spacial score (nSPS) is 13.2. The summed E-state index contributed by atoms with van der Waals surface area (Å²) in [6.07, 6.45) is 9.44. The first-order chi connectivity index (χ1) is 5.77. The summed E-state index contributed by atoms with van der Waals surface area (Å²) in [6, 6.07) is 0. The third-order valence-corrected chi connectivity index (χ3v) is 2.60. The van der Waals surface area contributed by atoms with Gasteiger partial charge >= 0.3 is 0 Å². The van der Waals surface area contributed by atoms with E-state index in [9.17, 15) is 0 Å². The molecule has 0 aliphatic heterocycles. The number of unbranched alkanes of at least 4 members (excludes halogenated alkanes) is 5. The van der Waals surface area contributed by atoms with Crippen LogP contribution in [0.1, 0.15) is 51.9 Å². The van der Waals surface area contributed by atoms with Crippen LogP contribution in [0.2, 0.25) is 0 Å². The summed E-state index contributed by atoms with van der Waals surface area (Å²) in [5, 5.41) is 0.586. The second-order valence-electron chi connectivity index (χ2n) is 3.48. The van der Waals surface area contributed by atoms with E-state index in [2.05, 4.69) is 32.2 Å². The molecule has 0 aromatic heterocycles. The van der Waals surface area contributed by atoms with Crippen molar-refractivity contribution in [2.75, 3.05) is 5.75 Å². The molecule has 0 heterocycles. The molecule has 0 nitrogen and oxygen atoms in total. The molecule has 0 N–H and O–H groups in total. The van der Waals surface area contributed by atoms with Gasteiger partial charge in [0.05, 0.1) is 0 Å². The van der Waals surface area contributed by atoms with E-state index >= 15 is 0 Å². The average molecular weight is 206 g/mol. The summed E-state index contributed by atoms with van der Waals surface area (Å²) < 4.78 is 0. The number of thiol groups is 2. The number of rotatable bonds is 8. The van der Waals surface area contributed by atoms with Gasteiger partial charge < -0.3 is 0 Å². The molecule has 0 rings (SSSR count). The minimum atomic E-state index is 0.586. The molecule has 0 saturated heterocycles. The van der Waals surface area contributed by atoms with Gasteiger partial charge in [-0.2, -0.15) is 25.3 Å². The molecule has 74 valence electrons. The lowest BCUT2D eigenvalue weighted by Crippen LogP contribution is -1.90. The minimum Gasteiger partial charge on any atom is -0.179 e. The number of hydrogen-bond donors (Lipinski definition) is 2. The van der Waals surface area contributed by atoms with Crippen LogP contribution in [-0.2, 0) is 0 Å². The maximum absolute atomic E-state index is 4.35. The van der Waals surface area contributed by atoms with Crippen molar-refractivity contribution in [2.24, 2.45) is 0 Å². The molecular formula is C10H22S2. The second kappa shape index (κ2) is 9.79. The van der Waals surface area contributed by atoms with E-state index in [1.807, 2.05) is 0 Å². The highest BCUT2D eigenvalue weighted by Crippen LogP contribution is 2.10. The zero-order valence-electron chi connectivity index (χ0n) is 8.13. The highest BCUT2D eigenvalue weighted by molar-refractivity contribution is 7.80. The average Bonchev–Trinajstić information content (AvgIpc) is 2.02. The van der Waals surface area contributed by atoms with Gasteiger partial charge in [0.2, 0.25) is 0 Å². The highest BCUT2D eigenvalue weighted by Gasteiger charge is 1.94. The Morgan fingerprint density at radius 3 is 1.92 bits per heavy atom. The van der Waals surface area contributed by atoms with Gasteiger partial charge in [-0.3, -0.25) is 0 Å². The summed E-state index contributed by atoms with van der Waals surface area (Å²) >= 11 is 8.53. The smallest absolute Gasteiger partial charge is 0.00116 e. The summed E-state index contributed by atoms with van der Waals surface area (Å²) in [5.74, 6) is 1.05. The maximum atomic E-state index is 4.35. The fraction of sp³-hybridized carbons (Fsp3) is 1.00. The van der Waals surface area contributed by atoms with Gasteiger partial charge in [-0.1, -0.05) is 39.0 Å². The summed E-state index contributed by atoms with van der Waals surface area (Å²) in [4.78, 5) is 0. The van der Waals surface area contributed by atoms with E-state index < -0.39 is 0 Å². The van der Waals surface area contributed by atoms with Gasteiger partial charge in [0.25, 0.3) is 0 Å². The Labute approximate surface area is 88.3 Å². The fourth-order valence-electron chi connectivity index (χ4n) is 1.26. The summed E-state index contributed by atoms with van der Waals surface area (Å²) in [5.41, 5.74) is 0. The van der Waals surface area contributed by atoms with Crippen LogP contribution in [0.3, 0.4) is 0 Å². The predicted octanol–water partition coefficient (Wildman–Crippen LogP) is 3.97. The summed E-state index contributed by atoms with van der Waals surface area (Å²) in [7, 11) is 0. The van der Waals surface area contributed by atoms with Crippen LogP contribution >= 0.6 is 25.3 Å². The van der Waals surface area contributed by atoms with E-state index in [4.69, 9.17) is 0 Å². The molecule has 1 atom stereocenters. The van der Waals surface area contributed by atoms with Crippen molar-refractivity contribution in [3.05, 3.63) is 0 Å². The van der Waals surface area contributed by atoms with Gasteiger partial charge in [0, 0.05) is 0 Å². The highest BCUT2D eigenvalue weighted by atomic mass is 32.1. The van der Waals surface area contributed by atoms with Crippen LogP contribution in [0.4, 0.5) is 0 Å². The van der Waals surface area contributed by atoms with Crippen molar-refractivity contribution in [1.82, 2.24) is 0 Å². The molecule has 1 unspecified atom stereocenters. The van der Waals surface area contributed by atoms with Crippen molar-refractivity contribution < 1.29 is 0 Å². The molecule has 12 heavy (non-hydrogen) atoms. The lowest BCUT2D eigenvalue weighted by Gasteiger charge is -2.03. The Bertz CT molecular complexity index is 81.9. The Balaban J connectivity index is 2.82. The zero-order valence-corrected chi connectivity index (χ0v) is 9.92. The topological polar surface area (TPSA) is 0 Å². The van der Waals surface area contributed by atoms with Gasteiger partial charge in [-0.15, -0.1) is 0 Å². The molecule has 0 bridgehead atoms. The lowest BCUT2D eigenvalue weighted by atomic mass is 10.1. The van der Waals surface area contributed by atoms with Crippen molar-refractivity contribution in [1.29, 1.82) is 0 Å². The van der Waals surface area contributed by atoms with Crippen molar-refractivity contribution in [2.45, 2.75) is 57.1 Å². The summed E-state index contributed by atoms with van der Waals surface area (Å²) in [6.45, 7) is 2.17. The standard InChI is InChI=1S/C10H22S2/c1-10(12)8-6-4-2-3-5-7-9-11/h10-12H,2-9H2,1H3. The molecule has 0 amide bonds. The van der Waals surface area contributed by atoms with Gasteiger partial charge in [0.15, 0.2) is 0 Å². The third-order valence-electron chi connectivity index (χ3n) is 2.03. The molecule has 0 aromatic rings. The molecular weight excluding hydrogens is 184 g/mol. The first-order valence-corrected chi connectivity index (χ1v) is 6.21. The van der Waals surface area contributed by atoms with Gasteiger partial charge in [-0.05, 0) is 23.8 Å². The second-order valence-corrected chi connectivity index (χ2v) is 4.81. The van der Waals surface area contributed by atoms with Crippen molar-refractivity contribution in [3.8, 4) is 0 Å². The van der Waals surface area contributed by atoms with Gasteiger partial charge in [0.1, 0.15) is 0 Å². The lowest BCUT2D eigenvalue weighted by molar-refractivity contribution is 0.591. The van der Waals surface area contributed by atoms with E-state index in [1.165, 1.54) is 44.9 Å². The third kappa shape index (κ3) is 10.7. The first kappa shape index (κ1) is 12.7. The van der Waals surface area contributed by atoms with E-state index in [0.717, 1.165) is 5.75 Å². The predicted molar refractivity (Wildman–Crippen MR) is 64.6 cm³/mol. The molecule has 0 radical (unpaired) electrons. The van der Waals surface area contributed by atoms with Crippen LogP contribution < -0.4 is 0 Å². The Hall–Kier alpha value is 0.700. The van der Waals surface area contributed by atoms with Crippen LogP contribution in [0, 0.1) is 0 Å². The molecule has 2 heteroatoms. The zero-order chi connectivity index (χ0) is 9.23. The van der Waals surface area contributed by atoms with Crippen LogP contribution in [0.15, 0.2) is 0 Å². The van der Waals surface area contributed by atoms with E-state index in [1.54, 1.807) is 0 Å². The first-order valence-electron chi connectivity index (χ1n) is 5.06. The quantitative estimate of drug-likeness (QED) is 0.436. The van der Waals surface area contributed by atoms with E-state index in [0.29, 0.717) is 5.25 Å². The van der Waals surface area contributed by atoms with E-state index in [-0.39, 0.29) is 0 Å². The Morgan fingerprint density at radius 2 is 1.42 bits per heavy atom. The maximum Gasteiger partial charge on any atom is -0.00116 e. The molecule has 0 aromatic carbocycles. The number of hydrogen-bond acceptors (Lipinski definition) is 2. The SMILES string of the molecule is CC(S)CCCCCCCCS. The largest absolute Gasteiger partial charge is 0.179 e. The molecule has 0 aliphatic carbocycles. The molecule has 0 spiro atoms. The van der Waals surface area contributed by atoms with Crippen LogP contribution in [-0.4, -0.2) is 11.0 Å². The Kier molecular flexibility index (Phi) is 10.4. The van der Waals surface area contributed by atoms with Gasteiger partial charge in [-0.25, -0.2) is 0 Å². The monoisotopic (exact) mass is 206 g/mol. The van der Waals surface area contributed by atoms with Crippen LogP contribution in [0.25, 0.3) is 0 Å². The molecule has 0 fully saturated rings. The fourth-order valence-corrected chi connectivity index (χ4v) is 1.66. The minimum absolute atomic E-state index is 0.586. The molecule has 0 aliphatic rings. The van der Waals surface area contributed by atoms with Crippen molar-refractivity contribution in [3.63, 3.8) is 0 Å². The molecule has 0 saturated carbocycles.